The second-order valence-electron chi connectivity index (χ2n) is 15.6. The van der Waals surface area contributed by atoms with Crippen molar-refractivity contribution < 1.29 is 8.83 Å². The molecule has 13 aromatic rings. The van der Waals surface area contributed by atoms with Crippen LogP contribution in [0.15, 0.2) is 203 Å². The van der Waals surface area contributed by atoms with Gasteiger partial charge in [0.1, 0.15) is 22.3 Å². The first-order chi connectivity index (χ1) is 30.2. The second kappa shape index (κ2) is 13.1. The highest BCUT2D eigenvalue weighted by atomic mass is 16.3. The van der Waals surface area contributed by atoms with Crippen LogP contribution in [-0.2, 0) is 0 Å². The van der Waals surface area contributed by atoms with E-state index in [4.69, 9.17) is 23.8 Å². The number of rotatable bonds is 5. The summed E-state index contributed by atoms with van der Waals surface area (Å²) in [6, 6.07) is 67.5. The first kappa shape index (κ1) is 33.6. The Kier molecular flexibility index (Phi) is 7.21. The first-order valence-electron chi connectivity index (χ1n) is 20.4. The molecule has 0 aliphatic heterocycles. The Morgan fingerprint density at radius 1 is 0.328 bits per heavy atom. The van der Waals surface area contributed by atoms with Gasteiger partial charge < -0.3 is 13.4 Å². The lowest BCUT2D eigenvalue weighted by Gasteiger charge is -2.10. The van der Waals surface area contributed by atoms with Crippen molar-refractivity contribution in [1.82, 2.24) is 19.5 Å². The van der Waals surface area contributed by atoms with E-state index in [1.165, 1.54) is 32.7 Å². The van der Waals surface area contributed by atoms with Gasteiger partial charge in [-0.05, 0) is 76.5 Å². The minimum Gasteiger partial charge on any atom is -0.456 e. The molecule has 6 heteroatoms. The maximum absolute atomic E-state index is 6.75. The van der Waals surface area contributed by atoms with Crippen LogP contribution in [0.5, 0.6) is 0 Å². The van der Waals surface area contributed by atoms with E-state index in [0.29, 0.717) is 17.5 Å². The van der Waals surface area contributed by atoms with Crippen LogP contribution in [0.2, 0.25) is 0 Å². The molecular formula is C55H32N4O2. The minimum absolute atomic E-state index is 0.564. The molecule has 0 fully saturated rings. The molecule has 0 aliphatic carbocycles. The Hall–Kier alpha value is -8.35. The number of nitrogens with zero attached hydrogens (tertiary/aromatic N) is 4. The molecule has 0 spiro atoms. The van der Waals surface area contributed by atoms with Gasteiger partial charge in [-0.25, -0.2) is 15.0 Å². The molecule has 0 bridgehead atoms. The number of hydrogen-bond donors (Lipinski definition) is 0. The minimum atomic E-state index is 0.564. The average molecular weight is 781 g/mol. The van der Waals surface area contributed by atoms with E-state index in [-0.39, 0.29) is 0 Å². The molecule has 0 radical (unpaired) electrons. The number of para-hydroxylation sites is 1. The Labute approximate surface area is 348 Å². The van der Waals surface area contributed by atoms with Gasteiger partial charge in [0, 0.05) is 60.8 Å². The zero-order valence-electron chi connectivity index (χ0n) is 32.6. The summed E-state index contributed by atoms with van der Waals surface area (Å²) in [5, 5.41) is 8.74. The fourth-order valence-electron chi connectivity index (χ4n) is 9.23. The summed E-state index contributed by atoms with van der Waals surface area (Å²) in [5.74, 6) is 1.73. The zero-order valence-corrected chi connectivity index (χ0v) is 32.6. The molecule has 0 saturated heterocycles. The van der Waals surface area contributed by atoms with Crippen LogP contribution in [0.25, 0.3) is 127 Å². The summed E-state index contributed by atoms with van der Waals surface area (Å²) in [4.78, 5) is 15.5. The fraction of sp³-hybridized carbons (Fsp3) is 0. The van der Waals surface area contributed by atoms with E-state index in [1.54, 1.807) is 0 Å². The summed E-state index contributed by atoms with van der Waals surface area (Å²) in [6.45, 7) is 0. The van der Waals surface area contributed by atoms with Crippen molar-refractivity contribution in [3.05, 3.63) is 194 Å². The highest BCUT2D eigenvalue weighted by Crippen LogP contribution is 2.42. The average Bonchev–Trinajstić information content (AvgIpc) is 4.00. The molecule has 6 nitrogen and oxygen atoms in total. The molecule has 61 heavy (non-hydrogen) atoms. The van der Waals surface area contributed by atoms with E-state index in [2.05, 4.69) is 126 Å². The highest BCUT2D eigenvalue weighted by Gasteiger charge is 2.22. The van der Waals surface area contributed by atoms with Gasteiger partial charge in [-0.1, -0.05) is 133 Å². The predicted octanol–water partition coefficient (Wildman–Crippen LogP) is 14.6. The van der Waals surface area contributed by atoms with Crippen molar-refractivity contribution in [2.45, 2.75) is 0 Å². The standard InChI is InChI=1S/C55H32N4O2/c1-3-13-33(14-4-1)37-25-28-45-43(30-37)44-29-35-17-7-8-18-36(35)31-46(44)59(45)38-26-27-40-50(32-38)61-49-24-12-21-42(52(40)49)55-57-53(34-15-5-2-6-16-34)56-54(58-55)41-20-11-23-48-51(41)39-19-9-10-22-47(39)60-48/h1-32H. The third-order valence-electron chi connectivity index (χ3n) is 12.0. The summed E-state index contributed by atoms with van der Waals surface area (Å²) >= 11 is 0. The van der Waals surface area contributed by atoms with Gasteiger partial charge in [0.05, 0.1) is 11.0 Å². The molecular weight excluding hydrogens is 749 g/mol. The molecule has 4 heterocycles. The topological polar surface area (TPSA) is 69.9 Å². The van der Waals surface area contributed by atoms with Crippen LogP contribution in [0.1, 0.15) is 0 Å². The van der Waals surface area contributed by atoms with Crippen LogP contribution in [0, 0.1) is 0 Å². The Morgan fingerprint density at radius 2 is 0.902 bits per heavy atom. The molecule has 0 amide bonds. The van der Waals surface area contributed by atoms with Gasteiger partial charge in [0.15, 0.2) is 17.5 Å². The molecule has 0 saturated carbocycles. The number of hydrogen-bond acceptors (Lipinski definition) is 5. The maximum atomic E-state index is 6.75. The predicted molar refractivity (Wildman–Crippen MR) is 248 cm³/mol. The van der Waals surface area contributed by atoms with Crippen molar-refractivity contribution in [1.29, 1.82) is 0 Å². The molecule has 4 aromatic heterocycles. The van der Waals surface area contributed by atoms with E-state index >= 15 is 0 Å². The number of aromatic nitrogens is 4. The monoisotopic (exact) mass is 780 g/mol. The van der Waals surface area contributed by atoms with Crippen molar-refractivity contribution in [2.24, 2.45) is 0 Å². The first-order valence-corrected chi connectivity index (χ1v) is 20.4. The van der Waals surface area contributed by atoms with Gasteiger partial charge in [0.25, 0.3) is 0 Å². The van der Waals surface area contributed by atoms with Crippen LogP contribution in [-0.4, -0.2) is 19.5 Å². The van der Waals surface area contributed by atoms with Crippen LogP contribution < -0.4 is 0 Å². The van der Waals surface area contributed by atoms with Crippen molar-refractivity contribution in [3.8, 4) is 51.0 Å². The molecule has 9 aromatic carbocycles. The lowest BCUT2D eigenvalue weighted by molar-refractivity contribution is 0.668. The van der Waals surface area contributed by atoms with Gasteiger partial charge in [0.2, 0.25) is 0 Å². The Balaban J connectivity index is 1.02. The number of furan rings is 2. The van der Waals surface area contributed by atoms with Crippen molar-refractivity contribution >= 4 is 76.5 Å². The molecule has 13 rings (SSSR count). The molecule has 0 unspecified atom stereocenters. The van der Waals surface area contributed by atoms with Gasteiger partial charge in [-0.3, -0.25) is 0 Å². The Bertz CT molecular complexity index is 3880. The Morgan fingerprint density at radius 3 is 1.64 bits per heavy atom. The lowest BCUT2D eigenvalue weighted by atomic mass is 10.0. The third-order valence-corrected chi connectivity index (χ3v) is 12.0. The van der Waals surface area contributed by atoms with Gasteiger partial charge in [-0.2, -0.15) is 0 Å². The SMILES string of the molecule is c1ccc(-c2ccc3c(c2)c2cc4ccccc4cc2n3-c2ccc3c(c2)oc2cccc(-c4nc(-c5ccccc5)nc(-c5cccc6oc7ccccc7c56)n4)c23)cc1. The summed E-state index contributed by atoms with van der Waals surface area (Å²) < 4.78 is 15.4. The smallest absolute Gasteiger partial charge is 0.164 e. The van der Waals surface area contributed by atoms with E-state index in [9.17, 15) is 0 Å². The van der Waals surface area contributed by atoms with Gasteiger partial charge in [-0.15, -0.1) is 0 Å². The van der Waals surface area contributed by atoms with Crippen LogP contribution in [0.4, 0.5) is 0 Å². The molecule has 0 aliphatic rings. The highest BCUT2D eigenvalue weighted by molar-refractivity contribution is 6.16. The van der Waals surface area contributed by atoms with Crippen LogP contribution in [0.3, 0.4) is 0 Å². The second-order valence-corrected chi connectivity index (χ2v) is 15.6. The summed E-state index contributed by atoms with van der Waals surface area (Å²) in [7, 11) is 0. The van der Waals surface area contributed by atoms with E-state index in [1.807, 2.05) is 72.8 Å². The largest absolute Gasteiger partial charge is 0.456 e. The van der Waals surface area contributed by atoms with Crippen LogP contribution >= 0.6 is 0 Å². The molecule has 0 atom stereocenters. The molecule has 0 N–H and O–H groups in total. The molecule has 284 valence electrons. The maximum Gasteiger partial charge on any atom is 0.164 e. The summed E-state index contributed by atoms with van der Waals surface area (Å²) in [5.41, 5.74) is 11.5. The van der Waals surface area contributed by atoms with E-state index < -0.39 is 0 Å². The van der Waals surface area contributed by atoms with Crippen molar-refractivity contribution in [3.63, 3.8) is 0 Å². The van der Waals surface area contributed by atoms with Gasteiger partial charge >= 0.3 is 0 Å². The quantitative estimate of drug-likeness (QED) is 0.174. The summed E-state index contributed by atoms with van der Waals surface area (Å²) in [6.07, 6.45) is 0. The zero-order chi connectivity index (χ0) is 40.0. The number of fused-ring (bicyclic) bond motifs is 10. The normalized spacial score (nSPS) is 11.9. The fourth-order valence-corrected chi connectivity index (χ4v) is 9.23. The van der Waals surface area contributed by atoms with Crippen molar-refractivity contribution in [2.75, 3.05) is 0 Å². The van der Waals surface area contributed by atoms with E-state index in [0.717, 1.165) is 77.3 Å². The lowest BCUT2D eigenvalue weighted by Crippen LogP contribution is -2.00. The third kappa shape index (κ3) is 5.26. The number of benzene rings is 9.